The van der Waals surface area contributed by atoms with Gasteiger partial charge in [0.25, 0.3) is 0 Å². The lowest BCUT2D eigenvalue weighted by Gasteiger charge is -2.19. The van der Waals surface area contributed by atoms with Crippen molar-refractivity contribution in [3.63, 3.8) is 0 Å². The zero-order valence-corrected chi connectivity index (χ0v) is 12.3. The Bertz CT molecular complexity index is 713. The first-order valence-electron chi connectivity index (χ1n) is 6.89. The fourth-order valence-corrected chi connectivity index (χ4v) is 3.39. The van der Waals surface area contributed by atoms with Gasteiger partial charge in [-0.3, -0.25) is 0 Å². The first-order valence-corrected chi connectivity index (χ1v) is 7.27. The number of aromatic amines is 1. The van der Waals surface area contributed by atoms with Gasteiger partial charge in [0, 0.05) is 16.6 Å². The molecule has 0 aliphatic heterocycles. The molecule has 1 aromatic carbocycles. The van der Waals surface area contributed by atoms with Crippen LogP contribution >= 0.6 is 11.6 Å². The van der Waals surface area contributed by atoms with E-state index in [0.717, 1.165) is 35.0 Å². The first-order chi connectivity index (χ1) is 9.97. The van der Waals surface area contributed by atoms with E-state index in [1.165, 1.54) is 6.07 Å². The molecule has 4 nitrogen and oxygen atoms in total. The predicted molar refractivity (Wildman–Crippen MR) is 79.0 cm³/mol. The Kier molecular flexibility index (Phi) is 3.53. The van der Waals surface area contributed by atoms with Crippen LogP contribution in [0.1, 0.15) is 30.5 Å². The molecule has 112 valence electrons. The number of benzene rings is 1. The summed E-state index contributed by atoms with van der Waals surface area (Å²) in [7, 11) is 0. The number of ether oxygens (including phenoxy) is 1. The highest BCUT2D eigenvalue weighted by Crippen LogP contribution is 2.43. The SMILES string of the molecule is CC(COC(N)=O)C1CCc2[nH]c3cc(Cl)c(F)cc3c21. The van der Waals surface area contributed by atoms with Crippen molar-refractivity contribution in [3.05, 3.63) is 34.2 Å². The van der Waals surface area contributed by atoms with Crippen molar-refractivity contribution in [2.24, 2.45) is 11.7 Å². The van der Waals surface area contributed by atoms with Crippen molar-refractivity contribution in [1.82, 2.24) is 4.98 Å². The van der Waals surface area contributed by atoms with Gasteiger partial charge < -0.3 is 15.5 Å². The van der Waals surface area contributed by atoms with Crippen molar-refractivity contribution >= 4 is 28.6 Å². The minimum absolute atomic E-state index is 0.115. The molecule has 0 fully saturated rings. The Hall–Kier alpha value is -1.75. The number of nitrogens with one attached hydrogen (secondary N) is 1. The summed E-state index contributed by atoms with van der Waals surface area (Å²) >= 11 is 5.83. The van der Waals surface area contributed by atoms with Gasteiger partial charge in [0.05, 0.1) is 11.6 Å². The number of H-pyrrole nitrogens is 1. The second-order valence-corrected chi connectivity index (χ2v) is 5.99. The number of hydrogen-bond acceptors (Lipinski definition) is 2. The number of carbonyl (C=O) groups excluding carboxylic acids is 1. The minimum Gasteiger partial charge on any atom is -0.449 e. The van der Waals surface area contributed by atoms with E-state index in [0.29, 0.717) is 0 Å². The maximum Gasteiger partial charge on any atom is 0.404 e. The van der Waals surface area contributed by atoms with Gasteiger partial charge in [0.15, 0.2) is 0 Å². The van der Waals surface area contributed by atoms with Gasteiger partial charge in [-0.2, -0.15) is 0 Å². The molecule has 1 aromatic heterocycles. The van der Waals surface area contributed by atoms with E-state index < -0.39 is 11.9 Å². The normalized spacial score (nSPS) is 18.7. The number of nitrogens with two attached hydrogens (primary N) is 1. The zero-order valence-electron chi connectivity index (χ0n) is 11.6. The number of fused-ring (bicyclic) bond motifs is 3. The third kappa shape index (κ3) is 2.46. The molecule has 2 atom stereocenters. The number of aromatic nitrogens is 1. The van der Waals surface area contributed by atoms with Crippen LogP contribution in [-0.4, -0.2) is 17.7 Å². The molecular weight excluding hydrogens is 295 g/mol. The van der Waals surface area contributed by atoms with Crippen LogP contribution in [0.3, 0.4) is 0 Å². The molecule has 0 bridgehead atoms. The van der Waals surface area contributed by atoms with Gasteiger partial charge in [-0.25, -0.2) is 9.18 Å². The molecule has 21 heavy (non-hydrogen) atoms. The fraction of sp³-hybridized carbons (Fsp3) is 0.400. The number of aryl methyl sites for hydroxylation is 1. The second kappa shape index (κ2) is 5.22. The molecule has 2 unspecified atom stereocenters. The molecule has 3 rings (SSSR count). The van der Waals surface area contributed by atoms with E-state index in [-0.39, 0.29) is 23.5 Å². The largest absolute Gasteiger partial charge is 0.449 e. The number of rotatable bonds is 3. The highest BCUT2D eigenvalue weighted by Gasteiger charge is 2.31. The fourth-order valence-electron chi connectivity index (χ4n) is 3.23. The van der Waals surface area contributed by atoms with Crippen molar-refractivity contribution in [1.29, 1.82) is 0 Å². The van der Waals surface area contributed by atoms with Gasteiger partial charge >= 0.3 is 6.09 Å². The highest BCUT2D eigenvalue weighted by molar-refractivity contribution is 6.31. The summed E-state index contributed by atoms with van der Waals surface area (Å²) in [5.41, 5.74) is 8.08. The highest BCUT2D eigenvalue weighted by atomic mass is 35.5. The van der Waals surface area contributed by atoms with Gasteiger partial charge in [0.1, 0.15) is 5.82 Å². The van der Waals surface area contributed by atoms with Crippen molar-refractivity contribution in [2.75, 3.05) is 6.61 Å². The van der Waals surface area contributed by atoms with E-state index in [2.05, 4.69) is 4.98 Å². The standard InChI is InChI=1S/C15H16ClFN2O2/c1-7(6-21-15(18)20)8-2-3-12-14(8)9-4-11(17)10(16)5-13(9)19-12/h4-5,7-8,19H,2-3,6H2,1H3,(H2,18,20). The summed E-state index contributed by atoms with van der Waals surface area (Å²) in [6.45, 7) is 2.27. The van der Waals surface area contributed by atoms with E-state index in [1.54, 1.807) is 6.07 Å². The Balaban J connectivity index is 1.96. The Labute approximate surface area is 126 Å². The van der Waals surface area contributed by atoms with Crippen molar-refractivity contribution < 1.29 is 13.9 Å². The van der Waals surface area contributed by atoms with Crippen LogP contribution in [0.2, 0.25) is 5.02 Å². The molecule has 3 N–H and O–H groups in total. The van der Waals surface area contributed by atoms with Crippen molar-refractivity contribution in [2.45, 2.75) is 25.7 Å². The van der Waals surface area contributed by atoms with Crippen LogP contribution in [0.25, 0.3) is 10.9 Å². The lowest BCUT2D eigenvalue weighted by atomic mass is 9.88. The molecule has 1 aliphatic carbocycles. The molecule has 0 saturated heterocycles. The number of primary amides is 1. The number of halogens is 2. The van der Waals surface area contributed by atoms with Crippen LogP contribution in [0.5, 0.6) is 0 Å². The van der Waals surface area contributed by atoms with Crippen LogP contribution in [0, 0.1) is 11.7 Å². The van der Waals surface area contributed by atoms with Crippen LogP contribution in [0.15, 0.2) is 12.1 Å². The molecule has 1 aliphatic rings. The lowest BCUT2D eigenvalue weighted by molar-refractivity contribution is 0.133. The van der Waals surface area contributed by atoms with Gasteiger partial charge in [-0.15, -0.1) is 0 Å². The third-order valence-corrected chi connectivity index (χ3v) is 4.50. The Morgan fingerprint density at radius 2 is 2.38 bits per heavy atom. The molecule has 2 aromatic rings. The third-order valence-electron chi connectivity index (χ3n) is 4.21. The monoisotopic (exact) mass is 310 g/mol. The van der Waals surface area contributed by atoms with Crippen LogP contribution in [-0.2, 0) is 11.2 Å². The smallest absolute Gasteiger partial charge is 0.404 e. The zero-order chi connectivity index (χ0) is 15.1. The summed E-state index contributed by atoms with van der Waals surface area (Å²) in [5.74, 6) is -0.0807. The molecule has 0 spiro atoms. The molecular formula is C15H16ClFN2O2. The predicted octanol–water partition coefficient (Wildman–Crippen LogP) is 3.72. The topological polar surface area (TPSA) is 68.1 Å². The molecule has 0 saturated carbocycles. The Morgan fingerprint density at radius 1 is 1.62 bits per heavy atom. The van der Waals surface area contributed by atoms with Crippen LogP contribution in [0.4, 0.5) is 9.18 Å². The summed E-state index contributed by atoms with van der Waals surface area (Å²) in [4.78, 5) is 14.0. The van der Waals surface area contributed by atoms with E-state index in [1.807, 2.05) is 6.92 Å². The van der Waals surface area contributed by atoms with E-state index in [4.69, 9.17) is 22.1 Å². The average Bonchev–Trinajstić information content (AvgIpc) is 2.96. The number of hydrogen-bond donors (Lipinski definition) is 2. The van der Waals surface area contributed by atoms with E-state index in [9.17, 15) is 9.18 Å². The Morgan fingerprint density at radius 3 is 3.10 bits per heavy atom. The molecule has 1 heterocycles. The van der Waals surface area contributed by atoms with Crippen molar-refractivity contribution in [3.8, 4) is 0 Å². The first kappa shape index (κ1) is 14.2. The summed E-state index contributed by atoms with van der Waals surface area (Å²) < 4.78 is 18.6. The van der Waals surface area contributed by atoms with Gasteiger partial charge in [-0.1, -0.05) is 18.5 Å². The minimum atomic E-state index is -0.767. The lowest BCUT2D eigenvalue weighted by Crippen LogP contribution is -2.20. The second-order valence-electron chi connectivity index (χ2n) is 5.58. The molecule has 0 radical (unpaired) electrons. The summed E-state index contributed by atoms with van der Waals surface area (Å²) in [5, 5.41) is 0.976. The molecule has 6 heteroatoms. The number of amides is 1. The van der Waals surface area contributed by atoms with Gasteiger partial charge in [-0.05, 0) is 42.4 Å². The maximum absolute atomic E-state index is 13.7. The summed E-state index contributed by atoms with van der Waals surface area (Å²) in [6.07, 6.45) is 1.08. The quantitative estimate of drug-likeness (QED) is 0.907. The van der Waals surface area contributed by atoms with Gasteiger partial charge in [0.2, 0.25) is 0 Å². The maximum atomic E-state index is 13.7. The van der Waals surface area contributed by atoms with E-state index >= 15 is 0 Å². The molecule has 1 amide bonds. The van der Waals surface area contributed by atoms with Crippen LogP contribution < -0.4 is 5.73 Å². The summed E-state index contributed by atoms with van der Waals surface area (Å²) in [6, 6.07) is 3.10. The average molecular weight is 311 g/mol. The number of carbonyl (C=O) groups is 1.